The zero-order valence-electron chi connectivity index (χ0n) is 12.1. The maximum atomic E-state index is 12.9. The summed E-state index contributed by atoms with van der Waals surface area (Å²) in [7, 11) is 0. The van der Waals surface area contributed by atoms with Crippen molar-refractivity contribution < 1.29 is 9.18 Å². The Morgan fingerprint density at radius 1 is 1.36 bits per heavy atom. The van der Waals surface area contributed by atoms with Crippen molar-refractivity contribution in [3.05, 3.63) is 42.1 Å². The van der Waals surface area contributed by atoms with E-state index in [4.69, 9.17) is 0 Å². The van der Waals surface area contributed by atoms with Crippen molar-refractivity contribution in [2.75, 3.05) is 13.1 Å². The number of carbonyl (C=O) groups is 1. The minimum absolute atomic E-state index is 0.00610. The van der Waals surface area contributed by atoms with Crippen molar-refractivity contribution in [1.82, 2.24) is 25.4 Å². The van der Waals surface area contributed by atoms with Crippen LogP contribution in [0.5, 0.6) is 0 Å². The number of halogens is 1. The van der Waals surface area contributed by atoms with Gasteiger partial charge in [-0.05, 0) is 37.6 Å². The number of piperidine rings is 1. The van der Waals surface area contributed by atoms with Crippen molar-refractivity contribution in [3.8, 4) is 5.82 Å². The van der Waals surface area contributed by atoms with E-state index < -0.39 is 5.95 Å². The first-order chi connectivity index (χ1) is 10.7. The van der Waals surface area contributed by atoms with Crippen molar-refractivity contribution in [2.45, 2.75) is 25.3 Å². The van der Waals surface area contributed by atoms with Crippen LogP contribution in [0.15, 0.2) is 30.6 Å². The van der Waals surface area contributed by atoms with Gasteiger partial charge in [-0.2, -0.15) is 4.39 Å². The van der Waals surface area contributed by atoms with Crippen molar-refractivity contribution in [3.63, 3.8) is 0 Å². The van der Waals surface area contributed by atoms with Gasteiger partial charge in [0, 0.05) is 24.5 Å². The summed E-state index contributed by atoms with van der Waals surface area (Å²) in [5, 5.41) is 9.96. The number of hydrogen-bond donors (Lipinski definition) is 2. The highest BCUT2D eigenvalue weighted by Crippen LogP contribution is 2.07. The fraction of sp³-hybridized carbons (Fsp3) is 0.400. The van der Waals surface area contributed by atoms with Gasteiger partial charge in [0.15, 0.2) is 5.82 Å². The van der Waals surface area contributed by atoms with Gasteiger partial charge in [-0.15, -0.1) is 5.10 Å². The average Bonchev–Trinajstić information content (AvgIpc) is 2.95. The monoisotopic (exact) mass is 303 g/mol. The van der Waals surface area contributed by atoms with Crippen LogP contribution in [0.4, 0.5) is 4.39 Å². The molecule has 7 heteroatoms. The first kappa shape index (κ1) is 14.6. The van der Waals surface area contributed by atoms with E-state index in [1.165, 1.54) is 16.9 Å². The first-order valence-corrected chi connectivity index (χ1v) is 7.37. The molecule has 1 aliphatic rings. The molecule has 2 N–H and O–H groups in total. The van der Waals surface area contributed by atoms with E-state index in [1.807, 2.05) is 6.07 Å². The van der Waals surface area contributed by atoms with E-state index in [1.54, 1.807) is 12.3 Å². The fourth-order valence-electron chi connectivity index (χ4n) is 2.52. The normalized spacial score (nSPS) is 15.7. The zero-order chi connectivity index (χ0) is 15.4. The van der Waals surface area contributed by atoms with Crippen molar-refractivity contribution >= 4 is 5.91 Å². The summed E-state index contributed by atoms with van der Waals surface area (Å²) in [6, 6.07) is 5.05. The van der Waals surface area contributed by atoms with Crippen LogP contribution in [0, 0.1) is 5.95 Å². The minimum Gasteiger partial charge on any atom is -0.353 e. The molecule has 0 atom stereocenters. The van der Waals surface area contributed by atoms with Gasteiger partial charge in [-0.25, -0.2) is 9.67 Å². The third-order valence-corrected chi connectivity index (χ3v) is 3.67. The molecule has 2 aromatic rings. The first-order valence-electron chi connectivity index (χ1n) is 7.37. The lowest BCUT2D eigenvalue weighted by Gasteiger charge is -2.23. The third kappa shape index (κ3) is 3.67. The van der Waals surface area contributed by atoms with Gasteiger partial charge >= 0.3 is 0 Å². The van der Waals surface area contributed by atoms with Gasteiger partial charge in [0.05, 0.1) is 6.42 Å². The Kier molecular flexibility index (Phi) is 4.43. The molecule has 0 saturated carbocycles. The molecule has 0 radical (unpaired) electrons. The smallest absolute Gasteiger partial charge is 0.233 e. The van der Waals surface area contributed by atoms with Crippen molar-refractivity contribution in [2.24, 2.45) is 0 Å². The summed E-state index contributed by atoms with van der Waals surface area (Å²) >= 11 is 0. The van der Waals surface area contributed by atoms with Gasteiger partial charge in [0.25, 0.3) is 0 Å². The number of carbonyl (C=O) groups excluding carboxylic acids is 1. The van der Waals surface area contributed by atoms with E-state index in [2.05, 4.69) is 20.7 Å². The summed E-state index contributed by atoms with van der Waals surface area (Å²) in [5.41, 5.74) is 0.822. The predicted molar refractivity (Wildman–Crippen MR) is 79.1 cm³/mol. The quantitative estimate of drug-likeness (QED) is 0.877. The van der Waals surface area contributed by atoms with Crippen LogP contribution < -0.4 is 10.6 Å². The molecule has 22 heavy (non-hydrogen) atoms. The Morgan fingerprint density at radius 3 is 2.82 bits per heavy atom. The van der Waals surface area contributed by atoms with Crippen molar-refractivity contribution in [1.29, 1.82) is 0 Å². The number of pyridine rings is 1. The SMILES string of the molecule is O=C(Cc1ccc(-n2ccc(F)n2)nc1)NC1CCNCC1. The van der Waals surface area contributed by atoms with Gasteiger partial charge < -0.3 is 10.6 Å². The van der Waals surface area contributed by atoms with Gasteiger partial charge in [0.2, 0.25) is 11.9 Å². The second-order valence-corrected chi connectivity index (χ2v) is 5.38. The molecule has 0 bridgehead atoms. The average molecular weight is 303 g/mol. The number of aromatic nitrogens is 3. The molecule has 1 fully saturated rings. The molecule has 1 amide bonds. The molecule has 3 rings (SSSR count). The van der Waals surface area contributed by atoms with Crippen LogP contribution >= 0.6 is 0 Å². The number of hydrogen-bond acceptors (Lipinski definition) is 4. The van der Waals surface area contributed by atoms with Crippen LogP contribution in [0.2, 0.25) is 0 Å². The highest BCUT2D eigenvalue weighted by Gasteiger charge is 2.15. The zero-order valence-corrected chi connectivity index (χ0v) is 12.1. The maximum Gasteiger partial charge on any atom is 0.233 e. The number of nitrogens with zero attached hydrogens (tertiary/aromatic N) is 3. The molecule has 1 saturated heterocycles. The Morgan fingerprint density at radius 2 is 2.18 bits per heavy atom. The standard InChI is InChI=1S/C15H18FN5O/c16-13-5-8-21(20-13)14-2-1-11(10-18-14)9-15(22)19-12-3-6-17-7-4-12/h1-2,5,8,10,12,17H,3-4,6-7,9H2,(H,19,22). The molecule has 116 valence electrons. The lowest BCUT2D eigenvalue weighted by Crippen LogP contribution is -2.43. The van der Waals surface area contributed by atoms with E-state index >= 15 is 0 Å². The molecular weight excluding hydrogens is 285 g/mol. The minimum atomic E-state index is -0.549. The highest BCUT2D eigenvalue weighted by molar-refractivity contribution is 5.78. The van der Waals surface area contributed by atoms with E-state index in [0.29, 0.717) is 12.2 Å². The molecule has 3 heterocycles. The van der Waals surface area contributed by atoms with E-state index in [9.17, 15) is 9.18 Å². The number of nitrogens with one attached hydrogen (secondary N) is 2. The largest absolute Gasteiger partial charge is 0.353 e. The third-order valence-electron chi connectivity index (χ3n) is 3.67. The van der Waals surface area contributed by atoms with Crippen LogP contribution in [0.25, 0.3) is 5.82 Å². The molecule has 1 aliphatic heterocycles. The van der Waals surface area contributed by atoms with Crippen LogP contribution in [0.3, 0.4) is 0 Å². The van der Waals surface area contributed by atoms with Gasteiger partial charge in [-0.1, -0.05) is 6.07 Å². The lowest BCUT2D eigenvalue weighted by molar-refractivity contribution is -0.121. The summed E-state index contributed by atoms with van der Waals surface area (Å²) in [5.74, 6) is -0.0229. The Labute approximate surface area is 127 Å². The number of rotatable bonds is 4. The topological polar surface area (TPSA) is 71.8 Å². The molecule has 0 unspecified atom stereocenters. The summed E-state index contributed by atoms with van der Waals surface area (Å²) in [6.07, 6.45) is 5.35. The van der Waals surface area contributed by atoms with E-state index in [-0.39, 0.29) is 11.9 Å². The number of amides is 1. The molecule has 0 aliphatic carbocycles. The predicted octanol–water partition coefficient (Wildman–Crippen LogP) is 0.817. The fourth-order valence-corrected chi connectivity index (χ4v) is 2.52. The molecule has 2 aromatic heterocycles. The van der Waals surface area contributed by atoms with Gasteiger partial charge in [0.1, 0.15) is 0 Å². The van der Waals surface area contributed by atoms with Gasteiger partial charge in [-0.3, -0.25) is 4.79 Å². The molecule has 0 spiro atoms. The van der Waals surface area contributed by atoms with Crippen LogP contribution in [-0.2, 0) is 11.2 Å². The highest BCUT2D eigenvalue weighted by atomic mass is 19.1. The molecule has 6 nitrogen and oxygen atoms in total. The Bertz CT molecular complexity index is 634. The Hall–Kier alpha value is -2.28. The summed E-state index contributed by atoms with van der Waals surface area (Å²) in [6.45, 7) is 1.89. The summed E-state index contributed by atoms with van der Waals surface area (Å²) < 4.78 is 14.2. The summed E-state index contributed by atoms with van der Waals surface area (Å²) in [4.78, 5) is 16.2. The van der Waals surface area contributed by atoms with Crippen LogP contribution in [-0.4, -0.2) is 39.8 Å². The lowest BCUT2D eigenvalue weighted by atomic mass is 10.1. The van der Waals surface area contributed by atoms with E-state index in [0.717, 1.165) is 31.5 Å². The van der Waals surface area contributed by atoms with Crippen LogP contribution in [0.1, 0.15) is 18.4 Å². The maximum absolute atomic E-state index is 12.9. The second-order valence-electron chi connectivity index (χ2n) is 5.38. The Balaban J connectivity index is 1.57. The second kappa shape index (κ2) is 6.65. The molecule has 0 aromatic carbocycles. The molecular formula is C15H18FN5O.